The summed E-state index contributed by atoms with van der Waals surface area (Å²) in [7, 11) is 0. The number of aliphatic imine (C=N–C) groups is 1. The van der Waals surface area contributed by atoms with Gasteiger partial charge in [-0.15, -0.1) is 0 Å². The average Bonchev–Trinajstić information content (AvgIpc) is 3.58. The van der Waals surface area contributed by atoms with E-state index in [1.165, 1.54) is 48.6 Å². The van der Waals surface area contributed by atoms with Gasteiger partial charge >= 0.3 is 0 Å². The summed E-state index contributed by atoms with van der Waals surface area (Å²) < 4.78 is 0. The van der Waals surface area contributed by atoms with E-state index in [1.54, 1.807) is 0 Å². The summed E-state index contributed by atoms with van der Waals surface area (Å²) >= 11 is 1.88. The molecule has 8 aromatic carbocycles. The van der Waals surface area contributed by atoms with Gasteiger partial charge in [0.05, 0.1) is 22.3 Å². The first-order valence-electron chi connectivity index (χ1n) is 19.8. The maximum absolute atomic E-state index is 5.59. The molecule has 9 aromatic rings. The molecule has 1 unspecified atom stereocenters. The summed E-state index contributed by atoms with van der Waals surface area (Å²) in [6, 6.07) is 70.4. The molecule has 0 amide bonds. The molecular weight excluding hydrogens is 723 g/mol. The van der Waals surface area contributed by atoms with Crippen molar-refractivity contribution in [2.24, 2.45) is 4.99 Å². The van der Waals surface area contributed by atoms with Crippen molar-refractivity contribution in [2.75, 3.05) is 0 Å². The highest BCUT2D eigenvalue weighted by Crippen LogP contribution is 2.62. The summed E-state index contributed by atoms with van der Waals surface area (Å²) in [5.41, 5.74) is 15.7. The van der Waals surface area contributed by atoms with Crippen molar-refractivity contribution in [3.63, 3.8) is 0 Å². The number of nitrogens with zero attached hydrogens (tertiary/aromatic N) is 2. The Bertz CT molecular complexity index is 3120. The first kappa shape index (κ1) is 33.2. The molecule has 3 heterocycles. The van der Waals surface area contributed by atoms with Crippen molar-refractivity contribution in [3.8, 4) is 22.4 Å². The summed E-state index contributed by atoms with van der Waals surface area (Å²) in [4.78, 5) is 13.4. The Hall–Kier alpha value is -7.01. The molecule has 0 saturated heterocycles. The van der Waals surface area contributed by atoms with Crippen molar-refractivity contribution in [3.05, 3.63) is 239 Å². The lowest BCUT2D eigenvalue weighted by Crippen LogP contribution is -2.31. The number of benzene rings is 8. The summed E-state index contributed by atoms with van der Waals surface area (Å²) in [5, 5.41) is 7.26. The third-order valence-electron chi connectivity index (χ3n) is 12.1. The van der Waals surface area contributed by atoms with E-state index in [9.17, 15) is 0 Å². The predicted octanol–water partition coefficient (Wildman–Crippen LogP) is 13.0. The zero-order valence-electron chi connectivity index (χ0n) is 31.4. The van der Waals surface area contributed by atoms with Crippen LogP contribution in [0.3, 0.4) is 0 Å². The molecule has 2 aliphatic heterocycles. The smallest absolute Gasteiger partial charge is 0.145 e. The van der Waals surface area contributed by atoms with Crippen LogP contribution in [0.2, 0.25) is 0 Å². The van der Waals surface area contributed by atoms with E-state index < -0.39 is 5.41 Å². The highest BCUT2D eigenvalue weighted by molar-refractivity contribution is 7.99. The summed E-state index contributed by atoms with van der Waals surface area (Å²) in [6.45, 7) is 0. The van der Waals surface area contributed by atoms with Crippen molar-refractivity contribution < 1.29 is 0 Å². The third-order valence-corrected chi connectivity index (χ3v) is 13.3. The molecule has 272 valence electrons. The minimum atomic E-state index is -0.461. The number of fused-ring (bicyclic) bond motifs is 12. The van der Waals surface area contributed by atoms with Crippen LogP contribution in [-0.4, -0.2) is 10.7 Å². The van der Waals surface area contributed by atoms with Gasteiger partial charge < -0.3 is 5.32 Å². The van der Waals surface area contributed by atoms with Crippen LogP contribution in [0.1, 0.15) is 45.1 Å². The van der Waals surface area contributed by atoms with Gasteiger partial charge in [-0.1, -0.05) is 176 Å². The zero-order chi connectivity index (χ0) is 38.2. The van der Waals surface area contributed by atoms with Gasteiger partial charge in [-0.05, 0) is 91.9 Å². The van der Waals surface area contributed by atoms with Gasteiger partial charge in [-0.3, -0.25) is 4.99 Å². The fourth-order valence-electron chi connectivity index (χ4n) is 9.59. The Kier molecular flexibility index (Phi) is 7.44. The van der Waals surface area contributed by atoms with Gasteiger partial charge in [0.15, 0.2) is 0 Å². The van der Waals surface area contributed by atoms with E-state index in [-0.39, 0.29) is 6.17 Å². The van der Waals surface area contributed by atoms with Crippen LogP contribution in [0.4, 0.5) is 0 Å². The van der Waals surface area contributed by atoms with Gasteiger partial charge in [0.1, 0.15) is 6.17 Å². The molecule has 1 aromatic heterocycles. The van der Waals surface area contributed by atoms with Gasteiger partial charge in [-0.2, -0.15) is 0 Å². The van der Waals surface area contributed by atoms with Gasteiger partial charge in [0.25, 0.3) is 0 Å². The maximum atomic E-state index is 5.59. The number of pyridine rings is 1. The second-order valence-corrected chi connectivity index (χ2v) is 16.4. The van der Waals surface area contributed by atoms with Gasteiger partial charge in [0.2, 0.25) is 0 Å². The monoisotopic (exact) mass is 757 g/mol. The number of allylic oxidation sites excluding steroid dienone is 1. The fourth-order valence-corrected chi connectivity index (χ4v) is 10.8. The van der Waals surface area contributed by atoms with Crippen molar-refractivity contribution in [2.45, 2.75) is 21.4 Å². The quantitative estimate of drug-likeness (QED) is 0.182. The molecular formula is C54H35N3S. The van der Waals surface area contributed by atoms with Crippen LogP contribution < -0.4 is 5.32 Å². The maximum Gasteiger partial charge on any atom is 0.145 e. The molecule has 4 heteroatoms. The highest BCUT2D eigenvalue weighted by atomic mass is 32.2. The van der Waals surface area contributed by atoms with Gasteiger partial charge in [-0.25, -0.2) is 4.98 Å². The van der Waals surface area contributed by atoms with Crippen LogP contribution in [0.5, 0.6) is 0 Å². The topological polar surface area (TPSA) is 37.3 Å². The summed E-state index contributed by atoms with van der Waals surface area (Å²) in [6.07, 6.45) is 1.95. The molecule has 0 radical (unpaired) electrons. The van der Waals surface area contributed by atoms with Crippen molar-refractivity contribution in [1.29, 1.82) is 0 Å². The van der Waals surface area contributed by atoms with E-state index in [0.29, 0.717) is 0 Å². The SMILES string of the molecule is C1=C(c2ccc3c(c2)nc(-c2ccccc2)c2cc4c(cc23)-c2ccccc2C42c3ccccc3Sc3ccccc32)NC(c2ccccc2)N=C1c1ccccc1. The average molecular weight is 758 g/mol. The van der Waals surface area contributed by atoms with Crippen molar-refractivity contribution >= 4 is 44.8 Å². The lowest BCUT2D eigenvalue weighted by atomic mass is 9.67. The highest BCUT2D eigenvalue weighted by Gasteiger charge is 2.50. The minimum absolute atomic E-state index is 0.222. The lowest BCUT2D eigenvalue weighted by Gasteiger charge is -2.39. The third kappa shape index (κ3) is 4.95. The normalized spacial score (nSPS) is 15.8. The second-order valence-electron chi connectivity index (χ2n) is 15.3. The van der Waals surface area contributed by atoms with Crippen LogP contribution in [-0.2, 0) is 5.41 Å². The zero-order valence-corrected chi connectivity index (χ0v) is 32.2. The minimum Gasteiger partial charge on any atom is -0.360 e. The molecule has 12 rings (SSSR count). The Morgan fingerprint density at radius 3 is 1.81 bits per heavy atom. The molecule has 1 spiro atoms. The first-order valence-corrected chi connectivity index (χ1v) is 20.7. The standard InChI is InChI=1S/C54H35N3S/c1-4-16-34(17-5-1)47-33-48(57-53(56-47)36-20-8-3-9-21-36)37-28-29-39-40-31-41-38-22-10-11-23-43(38)54(44-24-12-14-26-50(44)58-51-27-15-13-25-45(51)54)46(41)32-42(40)52(55-49(39)30-37)35-18-6-2-7-19-35/h1-33,53,57H. The number of aromatic nitrogens is 1. The molecule has 3 nitrogen and oxygen atoms in total. The summed E-state index contributed by atoms with van der Waals surface area (Å²) in [5.74, 6) is 0. The molecule has 1 aliphatic carbocycles. The number of hydrogen-bond donors (Lipinski definition) is 1. The van der Waals surface area contributed by atoms with Crippen LogP contribution >= 0.6 is 11.8 Å². The Labute approximate surface area is 341 Å². The first-order chi connectivity index (χ1) is 28.7. The fraction of sp³-hybridized carbons (Fsp3) is 0.0370. The van der Waals surface area contributed by atoms with Gasteiger partial charge in [0, 0.05) is 31.8 Å². The number of hydrogen-bond acceptors (Lipinski definition) is 4. The van der Waals surface area contributed by atoms with Crippen molar-refractivity contribution in [1.82, 2.24) is 10.3 Å². The number of nitrogens with one attached hydrogen (secondary N) is 1. The van der Waals surface area contributed by atoms with Crippen LogP contribution in [0.15, 0.2) is 215 Å². The molecule has 3 aliphatic rings. The molecule has 1 atom stereocenters. The second kappa shape index (κ2) is 13.0. The van der Waals surface area contributed by atoms with E-state index in [4.69, 9.17) is 9.98 Å². The predicted molar refractivity (Wildman–Crippen MR) is 239 cm³/mol. The largest absolute Gasteiger partial charge is 0.360 e. The Morgan fingerprint density at radius 2 is 1.09 bits per heavy atom. The Morgan fingerprint density at radius 1 is 0.466 bits per heavy atom. The molecule has 0 fully saturated rings. The molecule has 58 heavy (non-hydrogen) atoms. The van der Waals surface area contributed by atoms with E-state index in [1.807, 2.05) is 23.9 Å². The molecule has 1 N–H and O–H groups in total. The van der Waals surface area contributed by atoms with Crippen LogP contribution in [0.25, 0.3) is 49.8 Å². The van der Waals surface area contributed by atoms with E-state index >= 15 is 0 Å². The van der Waals surface area contributed by atoms with E-state index in [2.05, 4.69) is 193 Å². The molecule has 0 saturated carbocycles. The van der Waals surface area contributed by atoms with E-state index in [0.717, 1.165) is 55.6 Å². The Balaban J connectivity index is 1.11. The lowest BCUT2D eigenvalue weighted by molar-refractivity contribution is 0.664. The molecule has 0 bridgehead atoms. The number of rotatable bonds is 4. The van der Waals surface area contributed by atoms with Crippen LogP contribution in [0, 0.1) is 0 Å².